The van der Waals surface area contributed by atoms with E-state index in [2.05, 4.69) is 31.1 Å². The second-order valence-corrected chi connectivity index (χ2v) is 3.90. The lowest BCUT2D eigenvalue weighted by molar-refractivity contribution is 0.495. The smallest absolute Gasteiger partial charge is 0.147 e. The van der Waals surface area contributed by atoms with Crippen LogP contribution in [0.15, 0.2) is 24.5 Å². The Bertz CT molecular complexity index is 476. The Hall–Kier alpha value is -1.75. The van der Waals surface area contributed by atoms with E-state index < -0.39 is 0 Å². The number of rotatable bonds is 2. The molecule has 16 heavy (non-hydrogen) atoms. The van der Waals surface area contributed by atoms with Crippen molar-refractivity contribution in [2.24, 2.45) is 0 Å². The second kappa shape index (κ2) is 4.02. The van der Waals surface area contributed by atoms with Crippen molar-refractivity contribution >= 4 is 0 Å². The molecular weight excluding hydrogens is 202 g/mol. The fraction of sp³-hybridized carbons (Fsp3) is 0.364. The molecular formula is C11H13N5. The van der Waals surface area contributed by atoms with Crippen LogP contribution in [0.3, 0.4) is 0 Å². The summed E-state index contributed by atoms with van der Waals surface area (Å²) in [5.74, 6) is 2.06. The van der Waals surface area contributed by atoms with E-state index in [9.17, 15) is 0 Å². The molecule has 1 aliphatic rings. The van der Waals surface area contributed by atoms with E-state index in [0.717, 1.165) is 37.7 Å². The van der Waals surface area contributed by atoms with Gasteiger partial charge in [-0.05, 0) is 11.6 Å². The van der Waals surface area contributed by atoms with Crippen molar-refractivity contribution < 1.29 is 0 Å². The molecule has 82 valence electrons. The zero-order chi connectivity index (χ0) is 10.8. The maximum atomic E-state index is 4.24. The summed E-state index contributed by atoms with van der Waals surface area (Å²) >= 11 is 0. The Morgan fingerprint density at radius 3 is 3.25 bits per heavy atom. The van der Waals surface area contributed by atoms with Gasteiger partial charge in [0.2, 0.25) is 0 Å². The molecule has 1 N–H and O–H groups in total. The monoisotopic (exact) mass is 215 g/mol. The van der Waals surface area contributed by atoms with Crippen molar-refractivity contribution in [3.05, 3.63) is 41.7 Å². The summed E-state index contributed by atoms with van der Waals surface area (Å²) in [6.45, 7) is 2.77. The number of fused-ring (bicyclic) bond motifs is 1. The van der Waals surface area contributed by atoms with Gasteiger partial charge in [-0.2, -0.15) is 0 Å². The third-order valence-electron chi connectivity index (χ3n) is 2.78. The number of hydrogen-bond acceptors (Lipinski definition) is 4. The van der Waals surface area contributed by atoms with Gasteiger partial charge < -0.3 is 9.88 Å². The van der Waals surface area contributed by atoms with Gasteiger partial charge in [0.15, 0.2) is 0 Å². The minimum atomic E-state index is 0.806. The van der Waals surface area contributed by atoms with Gasteiger partial charge in [-0.3, -0.25) is 4.98 Å². The molecule has 5 nitrogen and oxygen atoms in total. The van der Waals surface area contributed by atoms with Crippen LogP contribution in [0.2, 0.25) is 0 Å². The highest BCUT2D eigenvalue weighted by Gasteiger charge is 2.15. The molecule has 3 rings (SSSR count). The molecule has 2 aromatic heterocycles. The van der Waals surface area contributed by atoms with Crippen molar-refractivity contribution in [1.82, 2.24) is 25.1 Å². The van der Waals surface area contributed by atoms with Gasteiger partial charge >= 0.3 is 0 Å². The highest BCUT2D eigenvalue weighted by molar-refractivity contribution is 5.15. The van der Waals surface area contributed by atoms with E-state index in [1.54, 1.807) is 6.20 Å². The standard InChI is InChI=1S/C11H13N5/c1-2-9(7-12-3-1)6-10-14-15-11-8-13-4-5-16(10)11/h1-3,7,13H,4-6,8H2. The number of pyridine rings is 1. The number of hydrogen-bond donors (Lipinski definition) is 1. The third-order valence-corrected chi connectivity index (χ3v) is 2.78. The first-order chi connectivity index (χ1) is 7.93. The van der Waals surface area contributed by atoms with E-state index in [1.165, 1.54) is 5.56 Å². The minimum absolute atomic E-state index is 0.806. The molecule has 0 radical (unpaired) electrons. The Morgan fingerprint density at radius 2 is 2.38 bits per heavy atom. The highest BCUT2D eigenvalue weighted by Crippen LogP contribution is 2.10. The average Bonchev–Trinajstić information content (AvgIpc) is 2.74. The highest BCUT2D eigenvalue weighted by atomic mass is 15.3. The minimum Gasteiger partial charge on any atom is -0.312 e. The predicted molar refractivity (Wildman–Crippen MR) is 58.8 cm³/mol. The molecule has 0 unspecified atom stereocenters. The molecule has 0 aliphatic carbocycles. The molecule has 0 fully saturated rings. The van der Waals surface area contributed by atoms with Crippen LogP contribution in [0.1, 0.15) is 17.2 Å². The number of aromatic nitrogens is 4. The number of nitrogens with one attached hydrogen (secondary N) is 1. The first kappa shape index (κ1) is 9.47. The summed E-state index contributed by atoms with van der Waals surface area (Å²) in [5, 5.41) is 11.7. The van der Waals surface area contributed by atoms with E-state index in [1.807, 2.05) is 12.3 Å². The van der Waals surface area contributed by atoms with Crippen LogP contribution in [0.5, 0.6) is 0 Å². The molecule has 1 aliphatic heterocycles. The molecule has 0 saturated carbocycles. The van der Waals surface area contributed by atoms with Gasteiger partial charge in [0, 0.05) is 31.9 Å². The molecule has 0 aromatic carbocycles. The van der Waals surface area contributed by atoms with E-state index >= 15 is 0 Å². The van der Waals surface area contributed by atoms with Gasteiger partial charge in [0.05, 0.1) is 6.54 Å². The Balaban J connectivity index is 1.88. The van der Waals surface area contributed by atoms with Crippen LogP contribution in [-0.2, 0) is 19.5 Å². The van der Waals surface area contributed by atoms with Crippen molar-refractivity contribution in [2.45, 2.75) is 19.5 Å². The summed E-state index contributed by atoms with van der Waals surface area (Å²) in [6, 6.07) is 4.01. The second-order valence-electron chi connectivity index (χ2n) is 3.90. The Kier molecular flexibility index (Phi) is 2.38. The molecule has 0 amide bonds. The van der Waals surface area contributed by atoms with Crippen LogP contribution >= 0.6 is 0 Å². The molecule has 0 spiro atoms. The molecule has 2 aromatic rings. The fourth-order valence-electron chi connectivity index (χ4n) is 1.97. The first-order valence-corrected chi connectivity index (χ1v) is 5.44. The average molecular weight is 215 g/mol. The zero-order valence-electron chi connectivity index (χ0n) is 8.93. The Labute approximate surface area is 93.5 Å². The van der Waals surface area contributed by atoms with Crippen LogP contribution in [0, 0.1) is 0 Å². The lowest BCUT2D eigenvalue weighted by Crippen LogP contribution is -2.29. The largest absolute Gasteiger partial charge is 0.312 e. The van der Waals surface area contributed by atoms with Crippen molar-refractivity contribution in [2.75, 3.05) is 6.54 Å². The van der Waals surface area contributed by atoms with Crippen LogP contribution in [-0.4, -0.2) is 26.3 Å². The Morgan fingerprint density at radius 1 is 1.38 bits per heavy atom. The van der Waals surface area contributed by atoms with Crippen LogP contribution < -0.4 is 5.32 Å². The van der Waals surface area contributed by atoms with Crippen molar-refractivity contribution in [1.29, 1.82) is 0 Å². The van der Waals surface area contributed by atoms with Crippen LogP contribution in [0.4, 0.5) is 0 Å². The summed E-state index contributed by atoms with van der Waals surface area (Å²) in [7, 11) is 0. The zero-order valence-corrected chi connectivity index (χ0v) is 8.93. The van der Waals surface area contributed by atoms with Crippen molar-refractivity contribution in [3.63, 3.8) is 0 Å². The maximum absolute atomic E-state index is 4.24. The molecule has 0 atom stereocenters. The topological polar surface area (TPSA) is 55.6 Å². The molecule has 3 heterocycles. The van der Waals surface area contributed by atoms with Crippen LogP contribution in [0.25, 0.3) is 0 Å². The van der Waals surface area contributed by atoms with Crippen molar-refractivity contribution in [3.8, 4) is 0 Å². The third kappa shape index (κ3) is 1.69. The normalized spacial score (nSPS) is 14.8. The van der Waals surface area contributed by atoms with Gasteiger partial charge in [0.25, 0.3) is 0 Å². The van der Waals surface area contributed by atoms with Gasteiger partial charge in [-0.25, -0.2) is 0 Å². The maximum Gasteiger partial charge on any atom is 0.147 e. The van der Waals surface area contributed by atoms with Gasteiger partial charge in [0.1, 0.15) is 11.6 Å². The quantitative estimate of drug-likeness (QED) is 0.786. The molecule has 0 bridgehead atoms. The summed E-state index contributed by atoms with van der Waals surface area (Å²) in [5.41, 5.74) is 1.18. The SMILES string of the molecule is c1cncc(Cc2nnc3n2CCNC3)c1. The van der Waals surface area contributed by atoms with E-state index in [0.29, 0.717) is 0 Å². The van der Waals surface area contributed by atoms with Gasteiger partial charge in [-0.15, -0.1) is 10.2 Å². The summed E-state index contributed by atoms with van der Waals surface area (Å²) in [6.07, 6.45) is 4.47. The predicted octanol–water partition coefficient (Wildman–Crippen LogP) is 0.367. The summed E-state index contributed by atoms with van der Waals surface area (Å²) in [4.78, 5) is 4.11. The number of nitrogens with zero attached hydrogens (tertiary/aromatic N) is 4. The summed E-state index contributed by atoms with van der Waals surface area (Å²) < 4.78 is 2.20. The van der Waals surface area contributed by atoms with Gasteiger partial charge in [-0.1, -0.05) is 6.07 Å². The first-order valence-electron chi connectivity index (χ1n) is 5.44. The van der Waals surface area contributed by atoms with E-state index in [-0.39, 0.29) is 0 Å². The lowest BCUT2D eigenvalue weighted by Gasteiger charge is -2.15. The lowest BCUT2D eigenvalue weighted by atomic mass is 10.2. The molecule has 5 heteroatoms. The molecule has 0 saturated heterocycles. The van der Waals surface area contributed by atoms with E-state index in [4.69, 9.17) is 0 Å². The fourth-order valence-corrected chi connectivity index (χ4v) is 1.97.